The lowest BCUT2D eigenvalue weighted by Gasteiger charge is -2.03. The highest BCUT2D eigenvalue weighted by atomic mass is 32.2. The van der Waals surface area contributed by atoms with Crippen molar-refractivity contribution in [2.45, 2.75) is 24.5 Å². The summed E-state index contributed by atoms with van der Waals surface area (Å²) >= 11 is 1.64. The molecule has 0 bridgehead atoms. The van der Waals surface area contributed by atoms with E-state index in [0.717, 1.165) is 25.9 Å². The van der Waals surface area contributed by atoms with Gasteiger partial charge in [-0.05, 0) is 36.8 Å². The predicted molar refractivity (Wildman–Crippen MR) is 85.6 cm³/mol. The molecule has 1 aromatic heterocycles. The molecule has 0 amide bonds. The molecule has 0 aliphatic heterocycles. The lowest BCUT2D eigenvalue weighted by molar-refractivity contribution is 0.683. The Labute approximate surface area is 124 Å². The fourth-order valence-electron chi connectivity index (χ4n) is 2.22. The highest BCUT2D eigenvalue weighted by molar-refractivity contribution is 7.84. The summed E-state index contributed by atoms with van der Waals surface area (Å²) in [6.07, 6.45) is 0. The second kappa shape index (κ2) is 5.46. The molecular weight excluding hydrogens is 286 g/mol. The second-order valence-electron chi connectivity index (χ2n) is 4.74. The molecule has 3 rings (SSSR count). The van der Waals surface area contributed by atoms with E-state index in [0.29, 0.717) is 5.75 Å². The number of benzene rings is 2. The minimum absolute atomic E-state index is 0.551. The van der Waals surface area contributed by atoms with E-state index in [9.17, 15) is 4.21 Å². The first-order valence-corrected chi connectivity index (χ1v) is 8.57. The Morgan fingerprint density at radius 3 is 2.55 bits per heavy atom. The highest BCUT2D eigenvalue weighted by Crippen LogP contribution is 2.23. The van der Waals surface area contributed by atoms with Crippen LogP contribution in [-0.4, -0.2) is 9.19 Å². The van der Waals surface area contributed by atoms with Crippen LogP contribution in [0.3, 0.4) is 0 Å². The first kappa shape index (κ1) is 13.5. The third-order valence-corrected chi connectivity index (χ3v) is 5.83. The van der Waals surface area contributed by atoms with Crippen LogP contribution in [0, 0.1) is 13.8 Å². The number of hydrogen-bond donors (Lipinski definition) is 0. The van der Waals surface area contributed by atoms with Crippen molar-refractivity contribution in [3.63, 3.8) is 0 Å². The van der Waals surface area contributed by atoms with E-state index in [2.05, 4.69) is 17.1 Å². The Morgan fingerprint density at radius 1 is 1.10 bits per heavy atom. The van der Waals surface area contributed by atoms with Crippen molar-refractivity contribution in [2.75, 3.05) is 0 Å². The highest BCUT2D eigenvalue weighted by Gasteiger charge is 2.11. The van der Waals surface area contributed by atoms with Gasteiger partial charge in [-0.1, -0.05) is 30.3 Å². The molecule has 0 aliphatic carbocycles. The van der Waals surface area contributed by atoms with Crippen LogP contribution in [0.25, 0.3) is 10.8 Å². The molecule has 0 saturated carbocycles. The van der Waals surface area contributed by atoms with Crippen LogP contribution in [0.15, 0.2) is 47.4 Å². The summed E-state index contributed by atoms with van der Waals surface area (Å²) in [5.74, 6) is 0.551. The van der Waals surface area contributed by atoms with Gasteiger partial charge in [-0.15, -0.1) is 11.3 Å². The standard InChI is InChI=1S/C16H15NOS2/c1-11-16(19-12(2)17-11)10-20(18)15-8-7-13-5-3-4-6-14(13)9-15/h3-9H,10H2,1-2H3. The number of hydrogen-bond acceptors (Lipinski definition) is 3. The van der Waals surface area contributed by atoms with Crippen molar-refractivity contribution in [2.24, 2.45) is 0 Å². The Morgan fingerprint density at radius 2 is 1.85 bits per heavy atom. The van der Waals surface area contributed by atoms with Crippen LogP contribution in [-0.2, 0) is 16.6 Å². The molecule has 3 aromatic rings. The number of thiazole rings is 1. The summed E-state index contributed by atoms with van der Waals surface area (Å²) in [5, 5.41) is 3.35. The maximum Gasteiger partial charge on any atom is 0.0900 e. The lowest BCUT2D eigenvalue weighted by Crippen LogP contribution is -1.96. The third-order valence-electron chi connectivity index (χ3n) is 3.25. The van der Waals surface area contributed by atoms with Crippen LogP contribution in [0.2, 0.25) is 0 Å². The van der Waals surface area contributed by atoms with E-state index < -0.39 is 10.8 Å². The van der Waals surface area contributed by atoms with E-state index in [4.69, 9.17) is 0 Å². The van der Waals surface area contributed by atoms with Gasteiger partial charge in [0.05, 0.1) is 27.3 Å². The van der Waals surface area contributed by atoms with Gasteiger partial charge in [0.2, 0.25) is 0 Å². The summed E-state index contributed by atoms with van der Waals surface area (Å²) in [4.78, 5) is 6.39. The monoisotopic (exact) mass is 301 g/mol. The second-order valence-corrected chi connectivity index (χ2v) is 7.48. The molecule has 1 unspecified atom stereocenters. The van der Waals surface area contributed by atoms with Crippen molar-refractivity contribution < 1.29 is 4.21 Å². The summed E-state index contributed by atoms with van der Waals surface area (Å²) < 4.78 is 12.5. The van der Waals surface area contributed by atoms with Crippen molar-refractivity contribution in [3.8, 4) is 0 Å². The number of rotatable bonds is 3. The van der Waals surface area contributed by atoms with Gasteiger partial charge in [0.15, 0.2) is 0 Å². The molecule has 4 heteroatoms. The molecule has 20 heavy (non-hydrogen) atoms. The van der Waals surface area contributed by atoms with Crippen LogP contribution in [0.5, 0.6) is 0 Å². The van der Waals surface area contributed by atoms with Gasteiger partial charge >= 0.3 is 0 Å². The van der Waals surface area contributed by atoms with Crippen LogP contribution < -0.4 is 0 Å². The Bertz CT molecular complexity index is 792. The van der Waals surface area contributed by atoms with E-state index in [1.807, 2.05) is 44.2 Å². The zero-order valence-electron chi connectivity index (χ0n) is 11.4. The SMILES string of the molecule is Cc1nc(C)c(CS(=O)c2ccc3ccccc3c2)s1. The first-order chi connectivity index (χ1) is 9.63. The fourth-order valence-corrected chi connectivity index (χ4v) is 4.60. The first-order valence-electron chi connectivity index (χ1n) is 6.43. The largest absolute Gasteiger partial charge is 0.254 e. The van der Waals surface area contributed by atoms with Crippen molar-refractivity contribution in [3.05, 3.63) is 58.0 Å². The quantitative estimate of drug-likeness (QED) is 0.725. The number of aryl methyl sites for hydroxylation is 2. The van der Waals surface area contributed by atoms with Crippen LogP contribution in [0.4, 0.5) is 0 Å². The smallest absolute Gasteiger partial charge is 0.0900 e. The van der Waals surface area contributed by atoms with E-state index in [-0.39, 0.29) is 0 Å². The van der Waals surface area contributed by atoms with E-state index >= 15 is 0 Å². The zero-order valence-corrected chi connectivity index (χ0v) is 13.1. The number of nitrogens with zero attached hydrogens (tertiary/aromatic N) is 1. The molecule has 0 saturated heterocycles. The molecule has 0 aliphatic rings. The van der Waals surface area contributed by atoms with Crippen molar-refractivity contribution in [1.29, 1.82) is 0 Å². The lowest BCUT2D eigenvalue weighted by atomic mass is 10.1. The fraction of sp³-hybridized carbons (Fsp3) is 0.188. The van der Waals surface area contributed by atoms with Crippen LogP contribution >= 0.6 is 11.3 Å². The molecular formula is C16H15NOS2. The van der Waals surface area contributed by atoms with Gasteiger partial charge < -0.3 is 0 Å². The van der Waals surface area contributed by atoms with Gasteiger partial charge in [-0.3, -0.25) is 4.21 Å². The van der Waals surface area contributed by atoms with Gasteiger partial charge in [0.1, 0.15) is 0 Å². The maximum absolute atomic E-state index is 12.5. The molecule has 2 nitrogen and oxygen atoms in total. The molecule has 1 heterocycles. The maximum atomic E-state index is 12.5. The van der Waals surface area contributed by atoms with Gasteiger partial charge in [0.25, 0.3) is 0 Å². The number of fused-ring (bicyclic) bond motifs is 1. The summed E-state index contributed by atoms with van der Waals surface area (Å²) in [7, 11) is -1.02. The summed E-state index contributed by atoms with van der Waals surface area (Å²) in [5.41, 5.74) is 1.00. The molecule has 0 N–H and O–H groups in total. The average Bonchev–Trinajstić information content (AvgIpc) is 2.76. The van der Waals surface area contributed by atoms with E-state index in [1.54, 1.807) is 11.3 Å². The minimum atomic E-state index is -1.02. The molecule has 2 aromatic carbocycles. The molecule has 0 radical (unpaired) electrons. The van der Waals surface area contributed by atoms with E-state index in [1.165, 1.54) is 5.39 Å². The molecule has 102 valence electrons. The topological polar surface area (TPSA) is 30.0 Å². The Kier molecular flexibility index (Phi) is 3.68. The predicted octanol–water partition coefficient (Wildman–Crippen LogP) is 4.22. The van der Waals surface area contributed by atoms with Crippen LogP contribution in [0.1, 0.15) is 15.6 Å². The van der Waals surface area contributed by atoms with Crippen molar-refractivity contribution >= 4 is 32.9 Å². The molecule has 0 fully saturated rings. The van der Waals surface area contributed by atoms with Gasteiger partial charge in [0, 0.05) is 9.77 Å². The Hall–Kier alpha value is -1.52. The van der Waals surface area contributed by atoms with Gasteiger partial charge in [-0.2, -0.15) is 0 Å². The normalized spacial score (nSPS) is 12.7. The molecule has 1 atom stereocenters. The third kappa shape index (κ3) is 2.67. The zero-order chi connectivity index (χ0) is 14.1. The minimum Gasteiger partial charge on any atom is -0.254 e. The average molecular weight is 301 g/mol. The molecule has 0 spiro atoms. The number of aromatic nitrogens is 1. The summed E-state index contributed by atoms with van der Waals surface area (Å²) in [6.45, 7) is 3.97. The Balaban J connectivity index is 1.90. The summed E-state index contributed by atoms with van der Waals surface area (Å²) in [6, 6.07) is 14.2. The van der Waals surface area contributed by atoms with Crippen molar-refractivity contribution in [1.82, 2.24) is 4.98 Å². The van der Waals surface area contributed by atoms with Gasteiger partial charge in [-0.25, -0.2) is 4.98 Å².